The van der Waals surface area contributed by atoms with E-state index in [4.69, 9.17) is 0 Å². The predicted octanol–water partition coefficient (Wildman–Crippen LogP) is 4.46. The molecule has 1 nitrogen and oxygen atoms in total. The summed E-state index contributed by atoms with van der Waals surface area (Å²) in [5, 5.41) is 0. The second-order valence-electron chi connectivity index (χ2n) is 3.71. The highest BCUT2D eigenvalue weighted by Gasteiger charge is 2.29. The quantitative estimate of drug-likeness (QED) is 0.697. The molecule has 0 radical (unpaired) electrons. The summed E-state index contributed by atoms with van der Waals surface area (Å²) in [6.07, 6.45) is -2.76. The van der Waals surface area contributed by atoms with Gasteiger partial charge in [0, 0.05) is 6.21 Å². The van der Waals surface area contributed by atoms with Crippen molar-refractivity contribution in [3.8, 4) is 0 Å². The van der Waals surface area contributed by atoms with Gasteiger partial charge in [-0.3, -0.25) is 4.99 Å². The standard InChI is InChI=1S/C14H10F3N/c15-14(16,17)12-8-6-11(7-9-12)10-18-13-4-2-1-3-5-13/h1-10H/b18-10+. The Morgan fingerprint density at radius 2 is 1.44 bits per heavy atom. The van der Waals surface area contributed by atoms with Crippen LogP contribution in [0, 0.1) is 0 Å². The van der Waals surface area contributed by atoms with E-state index in [0.717, 1.165) is 17.8 Å². The molecule has 4 heteroatoms. The van der Waals surface area contributed by atoms with Crippen LogP contribution in [-0.4, -0.2) is 6.21 Å². The lowest BCUT2D eigenvalue weighted by Gasteiger charge is -2.05. The molecule has 0 heterocycles. The zero-order valence-corrected chi connectivity index (χ0v) is 9.35. The Morgan fingerprint density at radius 3 is 2.00 bits per heavy atom. The smallest absolute Gasteiger partial charge is 0.256 e. The van der Waals surface area contributed by atoms with E-state index in [1.54, 1.807) is 0 Å². The third-order valence-corrected chi connectivity index (χ3v) is 2.36. The van der Waals surface area contributed by atoms with Gasteiger partial charge in [0.2, 0.25) is 0 Å². The van der Waals surface area contributed by atoms with Crippen LogP contribution in [0.3, 0.4) is 0 Å². The summed E-state index contributed by atoms with van der Waals surface area (Å²) in [6, 6.07) is 14.1. The molecule has 0 aliphatic rings. The van der Waals surface area contributed by atoms with E-state index < -0.39 is 11.7 Å². The largest absolute Gasteiger partial charge is 0.416 e. The van der Waals surface area contributed by atoms with Crippen LogP contribution in [0.15, 0.2) is 59.6 Å². The number of alkyl halides is 3. The third kappa shape index (κ3) is 3.20. The van der Waals surface area contributed by atoms with Crippen LogP contribution in [0.2, 0.25) is 0 Å². The number of hydrogen-bond acceptors (Lipinski definition) is 1. The number of benzene rings is 2. The third-order valence-electron chi connectivity index (χ3n) is 2.36. The minimum absolute atomic E-state index is 0.631. The number of para-hydroxylation sites is 1. The topological polar surface area (TPSA) is 12.4 Å². The molecule has 0 aliphatic carbocycles. The molecule has 0 aliphatic heterocycles. The molecular weight excluding hydrogens is 239 g/mol. The highest BCUT2D eigenvalue weighted by Crippen LogP contribution is 2.28. The van der Waals surface area contributed by atoms with E-state index in [-0.39, 0.29) is 0 Å². The zero-order valence-electron chi connectivity index (χ0n) is 9.35. The Hall–Kier alpha value is -2.10. The van der Waals surface area contributed by atoms with Crippen molar-refractivity contribution in [2.24, 2.45) is 4.99 Å². The summed E-state index contributed by atoms with van der Waals surface area (Å²) >= 11 is 0. The number of nitrogens with zero attached hydrogens (tertiary/aromatic N) is 1. The first-order valence-electron chi connectivity index (χ1n) is 5.32. The lowest BCUT2D eigenvalue weighted by molar-refractivity contribution is -0.137. The molecule has 0 aromatic heterocycles. The van der Waals surface area contributed by atoms with Gasteiger partial charge in [0.25, 0.3) is 0 Å². The summed E-state index contributed by atoms with van der Waals surface area (Å²) in [5.41, 5.74) is 0.739. The maximum atomic E-state index is 12.3. The Labute approximate surface area is 103 Å². The summed E-state index contributed by atoms with van der Waals surface area (Å²) in [4.78, 5) is 4.16. The SMILES string of the molecule is FC(F)(F)c1ccc(/C=N/c2ccccc2)cc1. The highest BCUT2D eigenvalue weighted by molar-refractivity contribution is 5.81. The average molecular weight is 249 g/mol. The van der Waals surface area contributed by atoms with Gasteiger partial charge in [-0.1, -0.05) is 30.3 Å². The minimum atomic E-state index is -4.30. The fourth-order valence-electron chi connectivity index (χ4n) is 1.42. The van der Waals surface area contributed by atoms with Crippen LogP contribution >= 0.6 is 0 Å². The maximum absolute atomic E-state index is 12.3. The molecule has 0 amide bonds. The van der Waals surface area contributed by atoms with Crippen molar-refractivity contribution in [3.63, 3.8) is 0 Å². The maximum Gasteiger partial charge on any atom is 0.416 e. The van der Waals surface area contributed by atoms with Gasteiger partial charge in [0.1, 0.15) is 0 Å². The van der Waals surface area contributed by atoms with Gasteiger partial charge in [0.05, 0.1) is 11.3 Å². The minimum Gasteiger partial charge on any atom is -0.256 e. The second kappa shape index (κ2) is 5.04. The first-order valence-corrected chi connectivity index (χ1v) is 5.32. The Kier molecular flexibility index (Phi) is 3.46. The lowest BCUT2D eigenvalue weighted by atomic mass is 10.1. The summed E-state index contributed by atoms with van der Waals surface area (Å²) in [6.45, 7) is 0. The number of hydrogen-bond donors (Lipinski definition) is 0. The van der Waals surface area contributed by atoms with E-state index in [1.165, 1.54) is 18.3 Å². The highest BCUT2D eigenvalue weighted by atomic mass is 19.4. The van der Waals surface area contributed by atoms with Gasteiger partial charge < -0.3 is 0 Å². The molecule has 2 rings (SSSR count). The summed E-state index contributed by atoms with van der Waals surface area (Å²) in [5.74, 6) is 0. The van der Waals surface area contributed by atoms with Crippen molar-refractivity contribution in [2.75, 3.05) is 0 Å². The molecule has 2 aromatic carbocycles. The van der Waals surface area contributed by atoms with Crippen LogP contribution in [0.25, 0.3) is 0 Å². The molecule has 0 bridgehead atoms. The molecule has 2 aromatic rings. The van der Waals surface area contributed by atoms with Gasteiger partial charge >= 0.3 is 6.18 Å². The van der Waals surface area contributed by atoms with E-state index in [0.29, 0.717) is 5.56 Å². The fourth-order valence-corrected chi connectivity index (χ4v) is 1.42. The Bertz CT molecular complexity index is 527. The van der Waals surface area contributed by atoms with Gasteiger partial charge in [-0.05, 0) is 29.8 Å². The molecule has 18 heavy (non-hydrogen) atoms. The molecule has 0 fully saturated rings. The van der Waals surface area contributed by atoms with Crippen LogP contribution < -0.4 is 0 Å². The van der Waals surface area contributed by atoms with Crippen molar-refractivity contribution in [3.05, 3.63) is 65.7 Å². The molecule has 0 spiro atoms. The molecule has 0 saturated carbocycles. The van der Waals surface area contributed by atoms with Crippen LogP contribution in [0.1, 0.15) is 11.1 Å². The number of aliphatic imine (C=N–C) groups is 1. The Balaban J connectivity index is 2.14. The average Bonchev–Trinajstić information content (AvgIpc) is 2.37. The second-order valence-corrected chi connectivity index (χ2v) is 3.71. The summed E-state index contributed by atoms with van der Waals surface area (Å²) < 4.78 is 37.0. The Morgan fingerprint density at radius 1 is 0.833 bits per heavy atom. The molecule has 92 valence electrons. The normalized spacial score (nSPS) is 11.9. The van der Waals surface area contributed by atoms with Crippen molar-refractivity contribution in [2.45, 2.75) is 6.18 Å². The van der Waals surface area contributed by atoms with Crippen LogP contribution in [-0.2, 0) is 6.18 Å². The fraction of sp³-hybridized carbons (Fsp3) is 0.0714. The van der Waals surface area contributed by atoms with E-state index in [1.807, 2.05) is 30.3 Å². The predicted molar refractivity (Wildman–Crippen MR) is 65.1 cm³/mol. The van der Waals surface area contributed by atoms with E-state index in [9.17, 15) is 13.2 Å². The van der Waals surface area contributed by atoms with Crippen molar-refractivity contribution in [1.29, 1.82) is 0 Å². The zero-order chi connectivity index (χ0) is 13.0. The molecule has 0 saturated heterocycles. The molecule has 0 atom stereocenters. The number of rotatable bonds is 2. The monoisotopic (exact) mass is 249 g/mol. The van der Waals surface area contributed by atoms with Gasteiger partial charge in [-0.2, -0.15) is 13.2 Å². The lowest BCUT2D eigenvalue weighted by Crippen LogP contribution is -2.04. The van der Waals surface area contributed by atoms with E-state index in [2.05, 4.69) is 4.99 Å². The van der Waals surface area contributed by atoms with Crippen molar-refractivity contribution < 1.29 is 13.2 Å². The van der Waals surface area contributed by atoms with Crippen LogP contribution in [0.5, 0.6) is 0 Å². The van der Waals surface area contributed by atoms with Gasteiger partial charge in [-0.15, -0.1) is 0 Å². The first kappa shape index (κ1) is 12.4. The molecule has 0 unspecified atom stereocenters. The summed E-state index contributed by atoms with van der Waals surface area (Å²) in [7, 11) is 0. The van der Waals surface area contributed by atoms with Crippen molar-refractivity contribution >= 4 is 11.9 Å². The first-order chi connectivity index (χ1) is 8.55. The van der Waals surface area contributed by atoms with Gasteiger partial charge in [-0.25, -0.2) is 0 Å². The molecular formula is C14H10F3N. The van der Waals surface area contributed by atoms with E-state index >= 15 is 0 Å². The molecule has 0 N–H and O–H groups in total. The number of halogens is 3. The van der Waals surface area contributed by atoms with Crippen LogP contribution in [0.4, 0.5) is 18.9 Å². The van der Waals surface area contributed by atoms with Gasteiger partial charge in [0.15, 0.2) is 0 Å². The van der Waals surface area contributed by atoms with Crippen molar-refractivity contribution in [1.82, 2.24) is 0 Å².